The minimum absolute atomic E-state index is 0.105. The summed E-state index contributed by atoms with van der Waals surface area (Å²) < 4.78 is 0. The van der Waals surface area contributed by atoms with Crippen molar-refractivity contribution in [2.75, 3.05) is 0 Å². The number of imide groups is 1. The van der Waals surface area contributed by atoms with Crippen LogP contribution in [0.4, 0.5) is 0 Å². The molecule has 0 saturated carbocycles. The molecule has 6 rings (SSSR count). The summed E-state index contributed by atoms with van der Waals surface area (Å²) in [5.41, 5.74) is 3.87. The fourth-order valence-electron chi connectivity index (χ4n) is 6.42. The molecule has 0 bridgehead atoms. The first-order valence-corrected chi connectivity index (χ1v) is 12.2. The Hall–Kier alpha value is -4.06. The highest BCUT2D eigenvalue weighted by Crippen LogP contribution is 2.55. The van der Waals surface area contributed by atoms with E-state index in [9.17, 15) is 24.3 Å². The van der Waals surface area contributed by atoms with Crippen molar-refractivity contribution in [3.8, 4) is 5.75 Å². The molecule has 6 heteroatoms. The van der Waals surface area contributed by atoms with E-state index in [0.717, 1.165) is 16.7 Å². The number of phenols is 1. The van der Waals surface area contributed by atoms with Crippen LogP contribution in [0.5, 0.6) is 5.75 Å². The number of ketones is 2. The lowest BCUT2D eigenvalue weighted by Gasteiger charge is -2.42. The highest BCUT2D eigenvalue weighted by Gasteiger charge is 2.56. The van der Waals surface area contributed by atoms with Gasteiger partial charge in [0.15, 0.2) is 11.6 Å². The van der Waals surface area contributed by atoms with Gasteiger partial charge in [-0.1, -0.05) is 54.1 Å². The van der Waals surface area contributed by atoms with Gasteiger partial charge in [0.1, 0.15) is 5.75 Å². The first-order chi connectivity index (χ1) is 17.3. The van der Waals surface area contributed by atoms with Crippen LogP contribution in [0, 0.1) is 17.8 Å². The predicted octanol–water partition coefficient (Wildman–Crippen LogP) is 4.02. The van der Waals surface area contributed by atoms with Gasteiger partial charge in [-0.25, -0.2) is 0 Å². The molecule has 4 atom stereocenters. The maximum atomic E-state index is 13.7. The summed E-state index contributed by atoms with van der Waals surface area (Å²) in [4.78, 5) is 54.9. The Morgan fingerprint density at radius 2 is 1.64 bits per heavy atom. The van der Waals surface area contributed by atoms with Crippen LogP contribution in [0.25, 0.3) is 0 Å². The molecule has 2 amide bonds. The van der Waals surface area contributed by atoms with Gasteiger partial charge in [0.2, 0.25) is 11.8 Å². The largest absolute Gasteiger partial charge is 0.508 e. The molecule has 4 aliphatic rings. The van der Waals surface area contributed by atoms with Crippen LogP contribution in [-0.4, -0.2) is 33.4 Å². The number of allylic oxidation sites excluding steroid dienone is 6. The second-order valence-corrected chi connectivity index (χ2v) is 10.1. The topological polar surface area (TPSA) is 91.8 Å². The molecule has 36 heavy (non-hydrogen) atoms. The second kappa shape index (κ2) is 8.26. The number of amides is 2. The number of benzene rings is 2. The van der Waals surface area contributed by atoms with E-state index in [2.05, 4.69) is 0 Å². The molecule has 1 saturated heterocycles. The number of phenolic OH excluding ortho intramolecular Hbond substituents is 1. The Morgan fingerprint density at radius 1 is 0.917 bits per heavy atom. The monoisotopic (exact) mass is 479 g/mol. The minimum atomic E-state index is -0.566. The summed E-state index contributed by atoms with van der Waals surface area (Å²) in [5, 5.41) is 9.84. The number of nitrogens with zero attached hydrogens (tertiary/aromatic N) is 1. The molecule has 3 aliphatic carbocycles. The first kappa shape index (κ1) is 22.4. The second-order valence-electron chi connectivity index (χ2n) is 10.1. The lowest BCUT2D eigenvalue weighted by Crippen LogP contribution is -2.39. The molecule has 1 aliphatic heterocycles. The third kappa shape index (κ3) is 3.32. The molecule has 0 unspecified atom stereocenters. The molecule has 0 aromatic heterocycles. The number of hydrogen-bond acceptors (Lipinski definition) is 5. The number of likely N-dealkylation sites (tertiary alicyclic amines) is 1. The predicted molar refractivity (Wildman–Crippen MR) is 131 cm³/mol. The lowest BCUT2D eigenvalue weighted by atomic mass is 9.59. The Morgan fingerprint density at radius 3 is 2.36 bits per heavy atom. The molecular formula is C30H25NO5. The van der Waals surface area contributed by atoms with Crippen LogP contribution in [0.2, 0.25) is 0 Å². The van der Waals surface area contributed by atoms with E-state index in [1.807, 2.05) is 36.4 Å². The average Bonchev–Trinajstić information content (AvgIpc) is 3.12. The molecule has 0 radical (unpaired) electrons. The zero-order chi connectivity index (χ0) is 25.1. The van der Waals surface area contributed by atoms with E-state index in [-0.39, 0.29) is 48.0 Å². The van der Waals surface area contributed by atoms with Crippen LogP contribution < -0.4 is 0 Å². The maximum absolute atomic E-state index is 13.7. The summed E-state index contributed by atoms with van der Waals surface area (Å²) in [6.45, 7) is 1.86. The SMILES string of the molecule is CC1=CC(=O)C2=C(C[C@@H]3C(=CC[C@@H]4C(=O)N(Cc5ccccc5)C(=O)[C@@H]43)[C@@H]2c2ccc(O)cc2)C1=O. The van der Waals surface area contributed by atoms with Gasteiger partial charge in [-0.3, -0.25) is 24.1 Å². The van der Waals surface area contributed by atoms with Gasteiger partial charge in [0.05, 0.1) is 18.4 Å². The molecule has 1 heterocycles. The van der Waals surface area contributed by atoms with Gasteiger partial charge < -0.3 is 5.11 Å². The number of carbonyl (C=O) groups excluding carboxylic acids is 4. The Bertz CT molecular complexity index is 1410. The molecule has 6 nitrogen and oxygen atoms in total. The summed E-state index contributed by atoms with van der Waals surface area (Å²) in [7, 11) is 0. The third-order valence-corrected chi connectivity index (χ3v) is 8.06. The van der Waals surface area contributed by atoms with E-state index < -0.39 is 17.8 Å². The highest BCUT2D eigenvalue weighted by atomic mass is 16.3. The lowest BCUT2D eigenvalue weighted by molar-refractivity contribution is -0.140. The molecule has 1 N–H and O–H groups in total. The van der Waals surface area contributed by atoms with Crippen molar-refractivity contribution in [3.63, 3.8) is 0 Å². The van der Waals surface area contributed by atoms with Gasteiger partial charge in [0, 0.05) is 22.6 Å². The van der Waals surface area contributed by atoms with Crippen molar-refractivity contribution in [1.82, 2.24) is 4.90 Å². The molecule has 0 spiro atoms. The average molecular weight is 480 g/mol. The minimum Gasteiger partial charge on any atom is -0.508 e. The van der Waals surface area contributed by atoms with Crippen molar-refractivity contribution in [3.05, 3.63) is 100 Å². The van der Waals surface area contributed by atoms with Gasteiger partial charge >= 0.3 is 0 Å². The number of Topliss-reactive ketones (excluding diaryl/α,β-unsaturated/α-hetero) is 1. The van der Waals surface area contributed by atoms with Gasteiger partial charge in [-0.15, -0.1) is 0 Å². The van der Waals surface area contributed by atoms with E-state index in [0.29, 0.717) is 23.1 Å². The molecule has 1 fully saturated rings. The van der Waals surface area contributed by atoms with E-state index in [1.165, 1.54) is 11.0 Å². The van der Waals surface area contributed by atoms with Crippen LogP contribution in [-0.2, 0) is 25.7 Å². The highest BCUT2D eigenvalue weighted by molar-refractivity contribution is 6.23. The number of rotatable bonds is 3. The Balaban J connectivity index is 1.44. The third-order valence-electron chi connectivity index (χ3n) is 8.06. The van der Waals surface area contributed by atoms with E-state index >= 15 is 0 Å². The van der Waals surface area contributed by atoms with Crippen LogP contribution in [0.3, 0.4) is 0 Å². The van der Waals surface area contributed by atoms with Crippen LogP contribution >= 0.6 is 0 Å². The van der Waals surface area contributed by atoms with Crippen molar-refractivity contribution in [2.45, 2.75) is 32.2 Å². The van der Waals surface area contributed by atoms with Crippen LogP contribution in [0.1, 0.15) is 36.8 Å². The van der Waals surface area contributed by atoms with Crippen molar-refractivity contribution in [2.24, 2.45) is 17.8 Å². The van der Waals surface area contributed by atoms with Crippen LogP contribution in [0.15, 0.2) is 89.0 Å². The van der Waals surface area contributed by atoms with E-state index in [1.54, 1.807) is 31.2 Å². The summed E-state index contributed by atoms with van der Waals surface area (Å²) in [6.07, 6.45) is 4.09. The smallest absolute Gasteiger partial charge is 0.234 e. The number of aromatic hydroxyl groups is 1. The standard InChI is InChI=1S/C30H25NO5/c1-16-13-24(33)27-23(28(16)34)14-22-20(25(27)18-7-9-19(32)10-8-18)11-12-21-26(22)30(36)31(29(21)35)15-17-5-3-2-4-6-17/h2-11,13,21-22,25-26,32H,12,14-15H2,1H3/t21-,22+,25-,26-/m0/s1. The van der Waals surface area contributed by atoms with Crippen molar-refractivity contribution >= 4 is 23.4 Å². The quantitative estimate of drug-likeness (QED) is 0.408. The van der Waals surface area contributed by atoms with Gasteiger partial charge in [0.25, 0.3) is 0 Å². The number of carbonyl (C=O) groups is 4. The maximum Gasteiger partial charge on any atom is 0.234 e. The number of hydrogen-bond donors (Lipinski definition) is 1. The zero-order valence-corrected chi connectivity index (χ0v) is 19.8. The molecule has 2 aromatic rings. The summed E-state index contributed by atoms with van der Waals surface area (Å²) >= 11 is 0. The molecular weight excluding hydrogens is 454 g/mol. The van der Waals surface area contributed by atoms with E-state index in [4.69, 9.17) is 0 Å². The van der Waals surface area contributed by atoms with Gasteiger partial charge in [-0.2, -0.15) is 0 Å². The fraction of sp³-hybridized carbons (Fsp3) is 0.267. The zero-order valence-electron chi connectivity index (χ0n) is 19.8. The molecule has 180 valence electrons. The summed E-state index contributed by atoms with van der Waals surface area (Å²) in [5.74, 6) is -2.52. The number of fused-ring (bicyclic) bond motifs is 3. The van der Waals surface area contributed by atoms with Crippen molar-refractivity contribution in [1.29, 1.82) is 0 Å². The Labute approximate surface area is 208 Å². The van der Waals surface area contributed by atoms with Crippen molar-refractivity contribution < 1.29 is 24.3 Å². The Kier molecular flexibility index (Phi) is 5.14. The fourth-order valence-corrected chi connectivity index (χ4v) is 6.42. The first-order valence-electron chi connectivity index (χ1n) is 12.2. The van der Waals surface area contributed by atoms with Gasteiger partial charge in [-0.05, 0) is 55.0 Å². The summed E-state index contributed by atoms with van der Waals surface area (Å²) in [6, 6.07) is 16.1. The molecule has 2 aromatic carbocycles. The normalized spacial score (nSPS) is 27.4.